The van der Waals surface area contributed by atoms with Gasteiger partial charge in [-0.15, -0.1) is 0 Å². The Hall–Kier alpha value is -2.30. The molecule has 1 aromatic carbocycles. The molecule has 2 aromatic rings. The summed E-state index contributed by atoms with van der Waals surface area (Å²) in [4.78, 5) is 23.5. The summed E-state index contributed by atoms with van der Waals surface area (Å²) in [6, 6.07) is 5.94. The average Bonchev–Trinajstić information content (AvgIpc) is 2.85. The van der Waals surface area contributed by atoms with Crippen molar-refractivity contribution in [2.45, 2.75) is 46.1 Å². The smallest absolute Gasteiger partial charge is 0.310 e. The van der Waals surface area contributed by atoms with Crippen LogP contribution in [0.4, 0.5) is 0 Å². The highest BCUT2D eigenvalue weighted by molar-refractivity contribution is 5.87. The fourth-order valence-corrected chi connectivity index (χ4v) is 2.29. The van der Waals surface area contributed by atoms with Crippen LogP contribution in [0.2, 0.25) is 0 Å². The summed E-state index contributed by atoms with van der Waals surface area (Å²) in [6.07, 6.45) is 2.58. The number of nitrogens with one attached hydrogen (secondary N) is 1. The van der Waals surface area contributed by atoms with Gasteiger partial charge in [-0.25, -0.2) is 0 Å². The Morgan fingerprint density at radius 3 is 2.65 bits per heavy atom. The van der Waals surface area contributed by atoms with Crippen molar-refractivity contribution in [2.75, 3.05) is 6.61 Å². The molecule has 0 aliphatic heterocycles. The van der Waals surface area contributed by atoms with Crippen molar-refractivity contribution in [1.82, 2.24) is 5.32 Å². The normalized spacial score (nSPS) is 11.5. The minimum Gasteiger partial charge on any atom is -0.464 e. The molecule has 0 aliphatic rings. The molecule has 1 amide bonds. The summed E-state index contributed by atoms with van der Waals surface area (Å²) < 4.78 is 10.5. The first-order valence-electron chi connectivity index (χ1n) is 7.74. The molecule has 124 valence electrons. The third-order valence-corrected chi connectivity index (χ3v) is 3.34. The van der Waals surface area contributed by atoms with Crippen LogP contribution in [-0.4, -0.2) is 24.0 Å². The average molecular weight is 317 g/mol. The van der Waals surface area contributed by atoms with Crippen molar-refractivity contribution in [1.29, 1.82) is 0 Å². The van der Waals surface area contributed by atoms with Gasteiger partial charge in [0.15, 0.2) is 6.61 Å². The van der Waals surface area contributed by atoms with E-state index in [-0.39, 0.29) is 24.5 Å². The van der Waals surface area contributed by atoms with Crippen molar-refractivity contribution in [3.63, 3.8) is 0 Å². The number of aryl methyl sites for hydroxylation is 1. The van der Waals surface area contributed by atoms with Gasteiger partial charge in [0.25, 0.3) is 5.91 Å². The molecule has 0 saturated heterocycles. The standard InChI is InChI=1S/C18H23NO4/c1-5-12-6-7-14-13(10-22-15(14)8-12)9-17(21)23-11-16(20)19-18(2,3)4/h6-8,10H,5,9,11H2,1-4H3,(H,19,20). The lowest BCUT2D eigenvalue weighted by Crippen LogP contribution is -2.42. The van der Waals surface area contributed by atoms with Crippen molar-refractivity contribution < 1.29 is 18.7 Å². The second-order valence-corrected chi connectivity index (χ2v) is 6.58. The van der Waals surface area contributed by atoms with E-state index in [1.807, 2.05) is 39.0 Å². The molecule has 0 saturated carbocycles. The number of hydrogen-bond acceptors (Lipinski definition) is 4. The van der Waals surface area contributed by atoms with E-state index >= 15 is 0 Å². The fourth-order valence-electron chi connectivity index (χ4n) is 2.29. The topological polar surface area (TPSA) is 68.5 Å². The SMILES string of the molecule is CCc1ccc2c(CC(=O)OCC(=O)NC(C)(C)C)coc2c1. The van der Waals surface area contributed by atoms with Crippen molar-refractivity contribution in [2.24, 2.45) is 0 Å². The first-order chi connectivity index (χ1) is 10.8. The second kappa shape index (κ2) is 6.86. The van der Waals surface area contributed by atoms with E-state index in [0.717, 1.165) is 23.0 Å². The maximum Gasteiger partial charge on any atom is 0.310 e. The molecule has 23 heavy (non-hydrogen) atoms. The van der Waals surface area contributed by atoms with Gasteiger partial charge in [0, 0.05) is 16.5 Å². The van der Waals surface area contributed by atoms with E-state index in [1.54, 1.807) is 6.26 Å². The van der Waals surface area contributed by atoms with Crippen LogP contribution < -0.4 is 5.32 Å². The zero-order chi connectivity index (χ0) is 17.0. The first-order valence-corrected chi connectivity index (χ1v) is 7.74. The van der Waals surface area contributed by atoms with Crippen LogP contribution in [0, 0.1) is 0 Å². The molecule has 1 N–H and O–H groups in total. The molecular weight excluding hydrogens is 294 g/mol. The van der Waals surface area contributed by atoms with Gasteiger partial charge in [0.1, 0.15) is 5.58 Å². The summed E-state index contributed by atoms with van der Waals surface area (Å²) in [5, 5.41) is 3.64. The maximum absolute atomic E-state index is 11.9. The summed E-state index contributed by atoms with van der Waals surface area (Å²) in [7, 11) is 0. The third-order valence-electron chi connectivity index (χ3n) is 3.34. The van der Waals surface area contributed by atoms with Gasteiger partial charge in [-0.1, -0.05) is 19.1 Å². The highest BCUT2D eigenvalue weighted by Crippen LogP contribution is 2.23. The van der Waals surface area contributed by atoms with Crippen molar-refractivity contribution >= 4 is 22.8 Å². The Morgan fingerprint density at radius 1 is 1.26 bits per heavy atom. The molecule has 0 bridgehead atoms. The lowest BCUT2D eigenvalue weighted by atomic mass is 10.1. The zero-order valence-corrected chi connectivity index (χ0v) is 14.1. The number of ether oxygens (including phenoxy) is 1. The zero-order valence-electron chi connectivity index (χ0n) is 14.1. The van der Waals surface area contributed by atoms with E-state index < -0.39 is 5.97 Å². The Morgan fingerprint density at radius 2 is 2.00 bits per heavy atom. The molecule has 2 rings (SSSR count). The van der Waals surface area contributed by atoms with Crippen LogP contribution >= 0.6 is 0 Å². The van der Waals surface area contributed by atoms with Crippen molar-refractivity contribution in [3.05, 3.63) is 35.6 Å². The number of esters is 1. The van der Waals surface area contributed by atoms with Gasteiger partial charge in [-0.05, 0) is 38.8 Å². The molecule has 5 heteroatoms. The van der Waals surface area contributed by atoms with E-state index in [1.165, 1.54) is 5.56 Å². The van der Waals surface area contributed by atoms with Crippen LogP contribution in [0.1, 0.15) is 38.8 Å². The first kappa shape index (κ1) is 17.1. The van der Waals surface area contributed by atoms with Gasteiger partial charge < -0.3 is 14.5 Å². The molecule has 5 nitrogen and oxygen atoms in total. The van der Waals surface area contributed by atoms with Gasteiger partial charge >= 0.3 is 5.97 Å². The third kappa shape index (κ3) is 4.84. The van der Waals surface area contributed by atoms with Crippen LogP contribution in [0.15, 0.2) is 28.9 Å². The van der Waals surface area contributed by atoms with Gasteiger partial charge in [-0.3, -0.25) is 9.59 Å². The van der Waals surface area contributed by atoms with Gasteiger partial charge in [0.05, 0.1) is 12.7 Å². The summed E-state index contributed by atoms with van der Waals surface area (Å²) in [6.45, 7) is 7.41. The molecule has 0 radical (unpaired) electrons. The van der Waals surface area contributed by atoms with Crippen LogP contribution in [-0.2, 0) is 27.2 Å². The summed E-state index contributed by atoms with van der Waals surface area (Å²) >= 11 is 0. The largest absolute Gasteiger partial charge is 0.464 e. The summed E-state index contributed by atoms with van der Waals surface area (Å²) in [5.41, 5.74) is 2.36. The number of carbonyl (C=O) groups is 2. The molecule has 0 spiro atoms. The molecule has 0 fully saturated rings. The van der Waals surface area contributed by atoms with Crippen molar-refractivity contribution in [3.8, 4) is 0 Å². The Balaban J connectivity index is 1.94. The molecule has 0 atom stereocenters. The highest BCUT2D eigenvalue weighted by Gasteiger charge is 2.16. The van der Waals surface area contributed by atoms with Crippen LogP contribution in [0.5, 0.6) is 0 Å². The van der Waals surface area contributed by atoms with Crippen LogP contribution in [0.3, 0.4) is 0 Å². The number of fused-ring (bicyclic) bond motifs is 1. The van der Waals surface area contributed by atoms with Gasteiger partial charge in [0.2, 0.25) is 0 Å². The number of amides is 1. The quantitative estimate of drug-likeness (QED) is 0.861. The Bertz CT molecular complexity index is 709. The molecule has 0 unspecified atom stereocenters. The van der Waals surface area contributed by atoms with E-state index in [0.29, 0.717) is 0 Å². The number of furan rings is 1. The minimum atomic E-state index is -0.448. The van der Waals surface area contributed by atoms with Crippen LogP contribution in [0.25, 0.3) is 11.0 Å². The maximum atomic E-state index is 11.9. The number of rotatable bonds is 5. The van der Waals surface area contributed by atoms with E-state index in [4.69, 9.17) is 9.15 Å². The lowest BCUT2D eigenvalue weighted by Gasteiger charge is -2.20. The molecule has 1 heterocycles. The molecular formula is C18H23NO4. The second-order valence-electron chi connectivity index (χ2n) is 6.58. The molecule has 1 aromatic heterocycles. The number of carbonyl (C=O) groups excluding carboxylic acids is 2. The fraction of sp³-hybridized carbons (Fsp3) is 0.444. The number of hydrogen-bond donors (Lipinski definition) is 1. The van der Waals surface area contributed by atoms with Gasteiger partial charge in [-0.2, -0.15) is 0 Å². The highest BCUT2D eigenvalue weighted by atomic mass is 16.5. The number of benzene rings is 1. The minimum absolute atomic E-state index is 0.0846. The summed E-state index contributed by atoms with van der Waals surface area (Å²) in [5.74, 6) is -0.758. The molecule has 0 aliphatic carbocycles. The predicted molar refractivity (Wildman–Crippen MR) is 88.2 cm³/mol. The van der Waals surface area contributed by atoms with E-state index in [2.05, 4.69) is 12.2 Å². The predicted octanol–water partition coefficient (Wildman–Crippen LogP) is 3.00. The van der Waals surface area contributed by atoms with E-state index in [9.17, 15) is 9.59 Å². The Kier molecular flexibility index (Phi) is 5.08. The monoisotopic (exact) mass is 317 g/mol. The Labute approximate surface area is 136 Å². The lowest BCUT2D eigenvalue weighted by molar-refractivity contribution is -0.148.